The third-order valence-electron chi connectivity index (χ3n) is 2.86. The summed E-state index contributed by atoms with van der Waals surface area (Å²) < 4.78 is 0. The van der Waals surface area contributed by atoms with Gasteiger partial charge >= 0.3 is 0 Å². The monoisotopic (exact) mass is 295 g/mol. The summed E-state index contributed by atoms with van der Waals surface area (Å²) in [7, 11) is 0. The van der Waals surface area contributed by atoms with Crippen LogP contribution in [0.25, 0.3) is 0 Å². The second-order valence-electron chi connectivity index (χ2n) is 4.31. The first-order valence-electron chi connectivity index (χ1n) is 6.02. The van der Waals surface area contributed by atoms with Gasteiger partial charge in [0, 0.05) is 23.1 Å². The zero-order chi connectivity index (χ0) is 13.7. The molecule has 0 radical (unpaired) electrons. The molecule has 0 aliphatic heterocycles. The largest absolute Gasteiger partial charge is 0.392 e. The molecule has 0 fully saturated rings. The van der Waals surface area contributed by atoms with Crippen molar-refractivity contribution in [2.75, 3.05) is 0 Å². The Morgan fingerprint density at radius 1 is 0.895 bits per heavy atom. The summed E-state index contributed by atoms with van der Waals surface area (Å²) in [6.07, 6.45) is 0. The van der Waals surface area contributed by atoms with E-state index in [4.69, 9.17) is 23.2 Å². The van der Waals surface area contributed by atoms with Crippen LogP contribution in [0.15, 0.2) is 42.5 Å². The minimum Gasteiger partial charge on any atom is -0.392 e. The quantitative estimate of drug-likeness (QED) is 0.880. The molecule has 2 aromatic rings. The van der Waals surface area contributed by atoms with Crippen LogP contribution in [-0.4, -0.2) is 5.11 Å². The molecular weight excluding hydrogens is 281 g/mol. The normalized spacial score (nSPS) is 10.7. The van der Waals surface area contributed by atoms with E-state index in [1.165, 1.54) is 0 Å². The van der Waals surface area contributed by atoms with Crippen molar-refractivity contribution in [1.29, 1.82) is 0 Å². The van der Waals surface area contributed by atoms with Crippen molar-refractivity contribution < 1.29 is 5.11 Å². The molecule has 0 saturated heterocycles. The molecule has 2 aromatic carbocycles. The fourth-order valence-electron chi connectivity index (χ4n) is 1.94. The Morgan fingerprint density at radius 2 is 1.53 bits per heavy atom. The Balaban J connectivity index is 1.96. The zero-order valence-corrected chi connectivity index (χ0v) is 11.9. The summed E-state index contributed by atoms with van der Waals surface area (Å²) >= 11 is 11.9. The molecule has 100 valence electrons. The molecule has 0 aromatic heterocycles. The highest BCUT2D eigenvalue weighted by molar-refractivity contribution is 6.34. The summed E-state index contributed by atoms with van der Waals surface area (Å²) in [5, 5.41) is 13.8. The van der Waals surface area contributed by atoms with E-state index in [9.17, 15) is 5.11 Å². The van der Waals surface area contributed by atoms with Gasteiger partial charge in [0.2, 0.25) is 0 Å². The molecule has 0 atom stereocenters. The van der Waals surface area contributed by atoms with E-state index < -0.39 is 0 Å². The Labute approximate surface area is 123 Å². The average molecular weight is 296 g/mol. The molecule has 0 aliphatic carbocycles. The van der Waals surface area contributed by atoms with Crippen molar-refractivity contribution in [1.82, 2.24) is 5.32 Å². The van der Waals surface area contributed by atoms with Crippen molar-refractivity contribution >= 4 is 23.2 Å². The molecule has 0 bridgehead atoms. The standard InChI is InChI=1S/C15H15Cl2NO/c16-14-5-11(6-15(17)7-14)8-18-9-12-3-1-2-4-13(12)10-19/h1-7,18-19H,8-10H2. The van der Waals surface area contributed by atoms with E-state index in [2.05, 4.69) is 5.32 Å². The van der Waals surface area contributed by atoms with Crippen LogP contribution >= 0.6 is 23.2 Å². The molecule has 2 N–H and O–H groups in total. The second kappa shape index (κ2) is 6.92. The third-order valence-corrected chi connectivity index (χ3v) is 3.29. The summed E-state index contributed by atoms with van der Waals surface area (Å²) in [6.45, 7) is 1.43. The highest BCUT2D eigenvalue weighted by atomic mass is 35.5. The van der Waals surface area contributed by atoms with Gasteiger partial charge in [0.25, 0.3) is 0 Å². The maximum Gasteiger partial charge on any atom is 0.0685 e. The van der Waals surface area contributed by atoms with E-state index >= 15 is 0 Å². The second-order valence-corrected chi connectivity index (χ2v) is 5.18. The number of aliphatic hydroxyl groups excluding tert-OH is 1. The van der Waals surface area contributed by atoms with Gasteiger partial charge in [-0.3, -0.25) is 0 Å². The first kappa shape index (κ1) is 14.4. The van der Waals surface area contributed by atoms with Crippen LogP contribution in [0.4, 0.5) is 0 Å². The van der Waals surface area contributed by atoms with Crippen molar-refractivity contribution in [2.24, 2.45) is 0 Å². The minimum atomic E-state index is 0.0564. The van der Waals surface area contributed by atoms with E-state index in [1.807, 2.05) is 36.4 Å². The Bertz CT molecular complexity index is 537. The van der Waals surface area contributed by atoms with Gasteiger partial charge in [0.05, 0.1) is 6.61 Å². The molecule has 4 heteroatoms. The maximum absolute atomic E-state index is 9.24. The van der Waals surface area contributed by atoms with Gasteiger partial charge in [0.1, 0.15) is 0 Å². The predicted octanol–water partition coefficient (Wildman–Crippen LogP) is 3.78. The molecule has 2 rings (SSSR count). The first-order chi connectivity index (χ1) is 9.19. The summed E-state index contributed by atoms with van der Waals surface area (Å²) in [5.41, 5.74) is 3.08. The fourth-order valence-corrected chi connectivity index (χ4v) is 2.51. The van der Waals surface area contributed by atoms with Crippen molar-refractivity contribution in [3.8, 4) is 0 Å². The number of benzene rings is 2. The summed E-state index contributed by atoms with van der Waals surface area (Å²) in [4.78, 5) is 0. The van der Waals surface area contributed by atoms with Gasteiger partial charge in [-0.25, -0.2) is 0 Å². The van der Waals surface area contributed by atoms with Crippen LogP contribution in [0, 0.1) is 0 Å². The smallest absolute Gasteiger partial charge is 0.0685 e. The minimum absolute atomic E-state index is 0.0564. The van der Waals surface area contributed by atoms with E-state index in [0.717, 1.165) is 16.7 Å². The molecule has 0 saturated carbocycles. The number of aliphatic hydroxyl groups is 1. The first-order valence-corrected chi connectivity index (χ1v) is 6.78. The molecule has 19 heavy (non-hydrogen) atoms. The lowest BCUT2D eigenvalue weighted by molar-refractivity contribution is 0.280. The molecule has 2 nitrogen and oxygen atoms in total. The Morgan fingerprint density at radius 3 is 2.16 bits per heavy atom. The van der Waals surface area contributed by atoms with Gasteiger partial charge in [0.15, 0.2) is 0 Å². The van der Waals surface area contributed by atoms with Crippen LogP contribution in [0.1, 0.15) is 16.7 Å². The lowest BCUT2D eigenvalue weighted by Gasteiger charge is -2.09. The van der Waals surface area contributed by atoms with Crippen LogP contribution in [0.5, 0.6) is 0 Å². The van der Waals surface area contributed by atoms with E-state index in [-0.39, 0.29) is 6.61 Å². The molecule has 0 spiro atoms. The van der Waals surface area contributed by atoms with Gasteiger partial charge in [-0.15, -0.1) is 0 Å². The third kappa shape index (κ3) is 4.22. The molecule has 0 heterocycles. The lowest BCUT2D eigenvalue weighted by atomic mass is 10.1. The number of nitrogens with one attached hydrogen (secondary N) is 1. The lowest BCUT2D eigenvalue weighted by Crippen LogP contribution is -2.14. The van der Waals surface area contributed by atoms with Gasteiger partial charge in [-0.2, -0.15) is 0 Å². The zero-order valence-electron chi connectivity index (χ0n) is 10.4. The van der Waals surface area contributed by atoms with Crippen LogP contribution in [0.2, 0.25) is 10.0 Å². The highest BCUT2D eigenvalue weighted by Gasteiger charge is 2.01. The van der Waals surface area contributed by atoms with Crippen LogP contribution < -0.4 is 5.32 Å². The topological polar surface area (TPSA) is 32.3 Å². The molecular formula is C15H15Cl2NO. The number of hydrogen-bond acceptors (Lipinski definition) is 2. The fraction of sp³-hybridized carbons (Fsp3) is 0.200. The molecule has 0 unspecified atom stereocenters. The van der Waals surface area contributed by atoms with E-state index in [0.29, 0.717) is 23.1 Å². The highest BCUT2D eigenvalue weighted by Crippen LogP contribution is 2.19. The molecule has 0 amide bonds. The SMILES string of the molecule is OCc1ccccc1CNCc1cc(Cl)cc(Cl)c1. The summed E-state index contributed by atoms with van der Waals surface area (Å²) in [6, 6.07) is 13.3. The van der Waals surface area contributed by atoms with Crippen LogP contribution in [0.3, 0.4) is 0 Å². The summed E-state index contributed by atoms with van der Waals surface area (Å²) in [5.74, 6) is 0. The van der Waals surface area contributed by atoms with Gasteiger partial charge in [-0.1, -0.05) is 47.5 Å². The predicted molar refractivity (Wildman–Crippen MR) is 79.4 cm³/mol. The van der Waals surface area contributed by atoms with Gasteiger partial charge in [-0.05, 0) is 34.9 Å². The van der Waals surface area contributed by atoms with Crippen LogP contribution in [-0.2, 0) is 19.7 Å². The van der Waals surface area contributed by atoms with Gasteiger partial charge < -0.3 is 10.4 Å². The van der Waals surface area contributed by atoms with E-state index in [1.54, 1.807) is 6.07 Å². The number of hydrogen-bond donors (Lipinski definition) is 2. The van der Waals surface area contributed by atoms with Crippen molar-refractivity contribution in [3.05, 3.63) is 69.2 Å². The average Bonchev–Trinajstić information content (AvgIpc) is 2.38. The van der Waals surface area contributed by atoms with Crippen molar-refractivity contribution in [3.63, 3.8) is 0 Å². The molecule has 0 aliphatic rings. The Hall–Kier alpha value is -1.06. The Kier molecular flexibility index (Phi) is 5.23. The van der Waals surface area contributed by atoms with Crippen molar-refractivity contribution in [2.45, 2.75) is 19.7 Å². The number of rotatable bonds is 5. The number of halogens is 2. The maximum atomic E-state index is 9.24.